The maximum absolute atomic E-state index is 12.9. The van der Waals surface area contributed by atoms with E-state index in [-0.39, 0.29) is 24.1 Å². The minimum absolute atomic E-state index is 0.0129. The molecule has 0 saturated carbocycles. The Kier molecular flexibility index (Phi) is 6.21. The molecule has 0 spiro atoms. The molecular weight excluding hydrogens is 396 g/mol. The van der Waals surface area contributed by atoms with Crippen molar-refractivity contribution >= 4 is 18.0 Å². The Labute approximate surface area is 181 Å². The van der Waals surface area contributed by atoms with Crippen molar-refractivity contribution in [3.63, 3.8) is 0 Å². The second-order valence-electron chi connectivity index (χ2n) is 7.92. The maximum Gasteiger partial charge on any atom is 0.410 e. The number of amides is 2. The van der Waals surface area contributed by atoms with Gasteiger partial charge in [0, 0.05) is 24.7 Å². The van der Waals surface area contributed by atoms with Crippen molar-refractivity contribution in [1.82, 2.24) is 9.80 Å². The lowest BCUT2D eigenvalue weighted by Gasteiger charge is -2.38. The van der Waals surface area contributed by atoms with Gasteiger partial charge in [0.15, 0.2) is 0 Å². The Morgan fingerprint density at radius 1 is 1.03 bits per heavy atom. The van der Waals surface area contributed by atoms with Gasteiger partial charge in [-0.25, -0.2) is 9.59 Å². The molecule has 2 aromatic rings. The van der Waals surface area contributed by atoms with Crippen LogP contribution in [0.1, 0.15) is 39.1 Å². The Morgan fingerprint density at radius 3 is 2.45 bits per heavy atom. The molecule has 2 aromatic carbocycles. The fraction of sp³-hybridized carbons (Fsp3) is 0.375. The molecule has 1 atom stereocenters. The number of carbonyl (C=O) groups excluding carboxylic acids is 3. The SMILES string of the molecule is COC(=O)c1cccc(C(=O)N2CCC(N3C(=O)OC[C@H]3Cc3ccccc3)CC2)c1. The number of cyclic esters (lactones) is 1. The number of methoxy groups -OCH3 is 1. The third-order valence-corrected chi connectivity index (χ3v) is 5.99. The van der Waals surface area contributed by atoms with E-state index >= 15 is 0 Å². The lowest BCUT2D eigenvalue weighted by molar-refractivity contribution is 0.0600. The Morgan fingerprint density at radius 2 is 1.74 bits per heavy atom. The fourth-order valence-corrected chi connectivity index (χ4v) is 4.39. The van der Waals surface area contributed by atoms with Gasteiger partial charge in [-0.15, -0.1) is 0 Å². The van der Waals surface area contributed by atoms with Crippen LogP contribution < -0.4 is 0 Å². The van der Waals surface area contributed by atoms with Crippen LogP contribution in [0.25, 0.3) is 0 Å². The van der Waals surface area contributed by atoms with E-state index in [1.54, 1.807) is 29.2 Å². The first-order valence-electron chi connectivity index (χ1n) is 10.5. The van der Waals surface area contributed by atoms with Crippen LogP contribution in [-0.4, -0.2) is 66.7 Å². The zero-order chi connectivity index (χ0) is 21.8. The molecule has 2 amide bonds. The number of nitrogens with zero attached hydrogens (tertiary/aromatic N) is 2. The molecular formula is C24H26N2O5. The number of piperidine rings is 1. The maximum atomic E-state index is 12.9. The number of hydrogen-bond acceptors (Lipinski definition) is 5. The monoisotopic (exact) mass is 422 g/mol. The molecule has 0 unspecified atom stereocenters. The first kappa shape index (κ1) is 20.9. The number of ether oxygens (including phenoxy) is 2. The van der Waals surface area contributed by atoms with Crippen LogP contribution in [0, 0.1) is 0 Å². The predicted molar refractivity (Wildman–Crippen MR) is 114 cm³/mol. The van der Waals surface area contributed by atoms with Crippen LogP contribution in [0.3, 0.4) is 0 Å². The highest BCUT2D eigenvalue weighted by Gasteiger charge is 2.39. The van der Waals surface area contributed by atoms with Gasteiger partial charge in [0.2, 0.25) is 0 Å². The lowest BCUT2D eigenvalue weighted by Crippen LogP contribution is -2.50. The summed E-state index contributed by atoms with van der Waals surface area (Å²) >= 11 is 0. The first-order chi connectivity index (χ1) is 15.1. The fourth-order valence-electron chi connectivity index (χ4n) is 4.39. The average Bonchev–Trinajstić information content (AvgIpc) is 3.18. The van der Waals surface area contributed by atoms with Gasteiger partial charge in [-0.1, -0.05) is 36.4 Å². The van der Waals surface area contributed by atoms with Crippen LogP contribution in [-0.2, 0) is 15.9 Å². The lowest BCUT2D eigenvalue weighted by atomic mass is 9.98. The predicted octanol–water partition coefficient (Wildman–Crippen LogP) is 3.14. The molecule has 31 heavy (non-hydrogen) atoms. The first-order valence-corrected chi connectivity index (χ1v) is 10.5. The summed E-state index contributed by atoms with van der Waals surface area (Å²) in [5.41, 5.74) is 1.99. The number of likely N-dealkylation sites (tertiary alicyclic amines) is 1. The molecule has 7 heteroatoms. The molecule has 2 heterocycles. The summed E-state index contributed by atoms with van der Waals surface area (Å²) < 4.78 is 10.1. The molecule has 2 saturated heterocycles. The van der Waals surface area contributed by atoms with Crippen LogP contribution in [0.4, 0.5) is 4.79 Å². The number of esters is 1. The van der Waals surface area contributed by atoms with Crippen molar-refractivity contribution in [3.05, 3.63) is 71.3 Å². The number of carbonyl (C=O) groups is 3. The molecule has 0 bridgehead atoms. The van der Waals surface area contributed by atoms with Gasteiger partial charge < -0.3 is 14.4 Å². The summed E-state index contributed by atoms with van der Waals surface area (Å²) in [6, 6.07) is 16.7. The number of rotatable bonds is 5. The molecule has 2 aliphatic rings. The van der Waals surface area contributed by atoms with Gasteiger partial charge in [0.1, 0.15) is 6.61 Å². The highest BCUT2D eigenvalue weighted by Crippen LogP contribution is 2.26. The smallest absolute Gasteiger partial charge is 0.410 e. The van der Waals surface area contributed by atoms with E-state index in [9.17, 15) is 14.4 Å². The Hall–Kier alpha value is -3.35. The second kappa shape index (κ2) is 9.20. The van der Waals surface area contributed by atoms with Crippen LogP contribution in [0.5, 0.6) is 0 Å². The van der Waals surface area contributed by atoms with E-state index < -0.39 is 5.97 Å². The van der Waals surface area contributed by atoms with Gasteiger partial charge in [0.25, 0.3) is 5.91 Å². The van der Waals surface area contributed by atoms with Crippen molar-refractivity contribution < 1.29 is 23.9 Å². The highest BCUT2D eigenvalue weighted by atomic mass is 16.6. The van der Waals surface area contributed by atoms with E-state index in [0.717, 1.165) is 6.42 Å². The molecule has 0 N–H and O–H groups in total. The third kappa shape index (κ3) is 4.55. The molecule has 4 rings (SSSR count). The zero-order valence-corrected chi connectivity index (χ0v) is 17.5. The van der Waals surface area contributed by atoms with Crippen molar-refractivity contribution in [2.24, 2.45) is 0 Å². The molecule has 162 valence electrons. The van der Waals surface area contributed by atoms with Gasteiger partial charge in [-0.3, -0.25) is 9.69 Å². The van der Waals surface area contributed by atoms with Gasteiger partial charge >= 0.3 is 12.1 Å². The van der Waals surface area contributed by atoms with E-state index in [0.29, 0.717) is 43.7 Å². The van der Waals surface area contributed by atoms with Gasteiger partial charge in [-0.05, 0) is 43.0 Å². The average molecular weight is 422 g/mol. The van der Waals surface area contributed by atoms with Crippen LogP contribution >= 0.6 is 0 Å². The standard InChI is InChI=1S/C24H26N2O5/c1-30-23(28)19-9-5-8-18(15-19)22(27)25-12-10-20(11-13-25)26-21(16-31-24(26)29)14-17-6-3-2-4-7-17/h2-9,15,20-21H,10-14,16H2,1H3/t21-/m1/s1. The summed E-state index contributed by atoms with van der Waals surface area (Å²) in [5, 5.41) is 0. The van der Waals surface area contributed by atoms with E-state index in [4.69, 9.17) is 9.47 Å². The van der Waals surface area contributed by atoms with Crippen molar-refractivity contribution in [1.29, 1.82) is 0 Å². The largest absolute Gasteiger partial charge is 0.465 e. The molecule has 0 radical (unpaired) electrons. The minimum atomic E-state index is -0.467. The minimum Gasteiger partial charge on any atom is -0.465 e. The topological polar surface area (TPSA) is 76.2 Å². The number of benzene rings is 2. The summed E-state index contributed by atoms with van der Waals surface area (Å²) in [6.07, 6.45) is 1.88. The van der Waals surface area contributed by atoms with Gasteiger partial charge in [-0.2, -0.15) is 0 Å². The van der Waals surface area contributed by atoms with Crippen molar-refractivity contribution in [3.8, 4) is 0 Å². The summed E-state index contributed by atoms with van der Waals surface area (Å²) in [6.45, 7) is 1.49. The second-order valence-corrected chi connectivity index (χ2v) is 7.92. The van der Waals surface area contributed by atoms with Crippen molar-refractivity contribution in [2.75, 3.05) is 26.8 Å². The van der Waals surface area contributed by atoms with Gasteiger partial charge in [0.05, 0.1) is 18.7 Å². The molecule has 0 aliphatic carbocycles. The number of hydrogen-bond donors (Lipinski definition) is 0. The van der Waals surface area contributed by atoms with E-state index in [1.807, 2.05) is 23.1 Å². The summed E-state index contributed by atoms with van der Waals surface area (Å²) in [5.74, 6) is -0.584. The Bertz CT molecular complexity index is 953. The van der Waals surface area contributed by atoms with E-state index in [1.165, 1.54) is 12.7 Å². The molecule has 0 aromatic heterocycles. The van der Waals surface area contributed by atoms with Crippen LogP contribution in [0.2, 0.25) is 0 Å². The zero-order valence-electron chi connectivity index (χ0n) is 17.5. The summed E-state index contributed by atoms with van der Waals surface area (Å²) in [7, 11) is 1.32. The van der Waals surface area contributed by atoms with E-state index in [2.05, 4.69) is 12.1 Å². The third-order valence-electron chi connectivity index (χ3n) is 5.99. The highest BCUT2D eigenvalue weighted by molar-refractivity contribution is 5.98. The molecule has 7 nitrogen and oxygen atoms in total. The summed E-state index contributed by atoms with van der Waals surface area (Å²) in [4.78, 5) is 40.7. The molecule has 2 fully saturated rings. The van der Waals surface area contributed by atoms with Crippen LogP contribution in [0.15, 0.2) is 54.6 Å². The normalized spacial score (nSPS) is 19.3. The quantitative estimate of drug-likeness (QED) is 0.692. The van der Waals surface area contributed by atoms with Crippen molar-refractivity contribution in [2.45, 2.75) is 31.3 Å². The Balaban J connectivity index is 1.39. The molecule has 2 aliphatic heterocycles.